The zero-order valence-electron chi connectivity index (χ0n) is 17.2. The summed E-state index contributed by atoms with van der Waals surface area (Å²) in [6.45, 7) is 0.780. The summed E-state index contributed by atoms with van der Waals surface area (Å²) in [5.41, 5.74) is 4.89. The van der Waals surface area contributed by atoms with Crippen molar-refractivity contribution in [2.45, 2.75) is 6.54 Å². The van der Waals surface area contributed by atoms with Crippen LogP contribution in [0.25, 0.3) is 21.9 Å². The Bertz CT molecular complexity index is 1370. The average Bonchev–Trinajstić information content (AvgIpc) is 3.21. The molecule has 0 aliphatic rings. The van der Waals surface area contributed by atoms with E-state index in [1.807, 2.05) is 48.8 Å². The Balaban J connectivity index is 1.47. The zero-order valence-corrected chi connectivity index (χ0v) is 17.2. The minimum absolute atomic E-state index is 0.628. The number of imidazole rings is 1. The van der Waals surface area contributed by atoms with Crippen molar-refractivity contribution in [2.75, 3.05) is 19.5 Å². The van der Waals surface area contributed by atoms with E-state index in [1.165, 1.54) is 11.9 Å². The Morgan fingerprint density at radius 3 is 2.45 bits per heavy atom. The van der Waals surface area contributed by atoms with Crippen molar-refractivity contribution in [3.8, 4) is 11.5 Å². The molecule has 1 N–H and O–H groups in total. The van der Waals surface area contributed by atoms with E-state index in [-0.39, 0.29) is 0 Å². The first-order valence-corrected chi connectivity index (χ1v) is 9.88. The van der Waals surface area contributed by atoms with Crippen LogP contribution in [0, 0.1) is 0 Å². The van der Waals surface area contributed by atoms with Gasteiger partial charge in [0.15, 0.2) is 11.5 Å². The number of anilines is 2. The summed E-state index contributed by atoms with van der Waals surface area (Å²) < 4.78 is 13.0. The van der Waals surface area contributed by atoms with Crippen LogP contribution in [-0.4, -0.2) is 33.7 Å². The molecule has 2 aromatic heterocycles. The Hall–Kier alpha value is -4.13. The first-order chi connectivity index (χ1) is 15.2. The molecule has 154 valence electrons. The van der Waals surface area contributed by atoms with Gasteiger partial charge in [-0.1, -0.05) is 30.3 Å². The van der Waals surface area contributed by atoms with Gasteiger partial charge in [0, 0.05) is 23.7 Å². The lowest BCUT2D eigenvalue weighted by atomic mass is 10.2. The number of nitrogens with one attached hydrogen (secondary N) is 1. The van der Waals surface area contributed by atoms with Gasteiger partial charge in [-0.25, -0.2) is 15.0 Å². The van der Waals surface area contributed by atoms with Crippen molar-refractivity contribution < 1.29 is 9.47 Å². The maximum Gasteiger partial charge on any atom is 0.162 e. The molecular formula is C24H21N5O2. The second-order valence-electron chi connectivity index (χ2n) is 7.13. The molecule has 0 saturated heterocycles. The van der Waals surface area contributed by atoms with Crippen LogP contribution < -0.4 is 14.8 Å². The fourth-order valence-corrected chi connectivity index (χ4v) is 3.67. The van der Waals surface area contributed by atoms with Gasteiger partial charge in [0.2, 0.25) is 0 Å². The Labute approximate surface area is 179 Å². The lowest BCUT2D eigenvalue weighted by Crippen LogP contribution is -1.99. The average molecular weight is 411 g/mol. The summed E-state index contributed by atoms with van der Waals surface area (Å²) in [5.74, 6) is 1.95. The lowest BCUT2D eigenvalue weighted by molar-refractivity contribution is 0.356. The largest absolute Gasteiger partial charge is 0.493 e. The van der Waals surface area contributed by atoms with E-state index in [4.69, 9.17) is 9.47 Å². The maximum absolute atomic E-state index is 5.44. The van der Waals surface area contributed by atoms with E-state index in [0.29, 0.717) is 17.3 Å². The Kier molecular flexibility index (Phi) is 4.84. The van der Waals surface area contributed by atoms with Gasteiger partial charge in [0.25, 0.3) is 0 Å². The van der Waals surface area contributed by atoms with Gasteiger partial charge in [-0.2, -0.15) is 0 Å². The molecule has 0 amide bonds. The van der Waals surface area contributed by atoms with Crippen LogP contribution in [-0.2, 0) is 6.54 Å². The molecule has 0 spiro atoms. The molecule has 31 heavy (non-hydrogen) atoms. The first-order valence-electron chi connectivity index (χ1n) is 9.88. The molecule has 0 unspecified atom stereocenters. The third-order valence-corrected chi connectivity index (χ3v) is 5.22. The predicted molar refractivity (Wildman–Crippen MR) is 121 cm³/mol. The van der Waals surface area contributed by atoms with Crippen molar-refractivity contribution in [1.29, 1.82) is 0 Å². The van der Waals surface area contributed by atoms with Gasteiger partial charge < -0.3 is 19.4 Å². The van der Waals surface area contributed by atoms with Gasteiger partial charge in [-0.3, -0.25) is 0 Å². The maximum atomic E-state index is 5.44. The van der Waals surface area contributed by atoms with Crippen LogP contribution in [0.2, 0.25) is 0 Å². The third kappa shape index (κ3) is 3.61. The van der Waals surface area contributed by atoms with E-state index in [9.17, 15) is 0 Å². The molecule has 7 heteroatoms. The number of fused-ring (bicyclic) bond motifs is 2. The predicted octanol–water partition coefficient (Wildman–Crippen LogP) is 4.79. The number of nitrogens with zero attached hydrogens (tertiary/aromatic N) is 4. The summed E-state index contributed by atoms with van der Waals surface area (Å²) >= 11 is 0. The first kappa shape index (κ1) is 18.9. The summed E-state index contributed by atoms with van der Waals surface area (Å²) in [7, 11) is 3.22. The molecule has 0 aliphatic heterocycles. The van der Waals surface area contributed by atoms with Crippen molar-refractivity contribution in [3.63, 3.8) is 0 Å². The fourth-order valence-electron chi connectivity index (χ4n) is 3.67. The summed E-state index contributed by atoms with van der Waals surface area (Å²) in [5, 5.41) is 4.23. The monoisotopic (exact) mass is 411 g/mol. The van der Waals surface area contributed by atoms with Gasteiger partial charge >= 0.3 is 0 Å². The van der Waals surface area contributed by atoms with E-state index in [1.54, 1.807) is 14.2 Å². The van der Waals surface area contributed by atoms with Crippen molar-refractivity contribution in [3.05, 3.63) is 78.9 Å². The second kappa shape index (κ2) is 7.95. The molecular weight excluding hydrogens is 390 g/mol. The number of methoxy groups -OCH3 is 2. The van der Waals surface area contributed by atoms with E-state index < -0.39 is 0 Å². The quantitative estimate of drug-likeness (QED) is 0.433. The molecule has 3 aromatic carbocycles. The van der Waals surface area contributed by atoms with Gasteiger partial charge in [0.05, 0.1) is 37.1 Å². The van der Waals surface area contributed by atoms with Crippen LogP contribution in [0.1, 0.15) is 5.56 Å². The smallest absolute Gasteiger partial charge is 0.162 e. The summed E-state index contributed by atoms with van der Waals surface area (Å²) in [6.07, 6.45) is 3.41. The number of benzene rings is 3. The molecule has 0 fully saturated rings. The van der Waals surface area contributed by atoms with E-state index >= 15 is 0 Å². The Morgan fingerprint density at radius 2 is 1.65 bits per heavy atom. The van der Waals surface area contributed by atoms with Crippen molar-refractivity contribution in [1.82, 2.24) is 19.5 Å². The highest BCUT2D eigenvalue weighted by molar-refractivity contribution is 5.93. The standard InChI is InChI=1S/C24H21N5O2/c1-30-22-11-18-19(12-23(22)31-2)25-14-26-24(18)28-17-8-9-21-20(10-17)27-15-29(21)13-16-6-4-3-5-7-16/h3-12,14-15H,13H2,1-2H3,(H,25,26,28). The Morgan fingerprint density at radius 1 is 0.839 bits per heavy atom. The highest BCUT2D eigenvalue weighted by Gasteiger charge is 2.12. The fraction of sp³-hybridized carbons (Fsp3) is 0.125. The topological polar surface area (TPSA) is 74.1 Å². The van der Waals surface area contributed by atoms with Crippen LogP contribution in [0.4, 0.5) is 11.5 Å². The number of aromatic nitrogens is 4. The molecule has 7 nitrogen and oxygen atoms in total. The van der Waals surface area contributed by atoms with Crippen molar-refractivity contribution >= 4 is 33.4 Å². The normalized spacial score (nSPS) is 11.0. The highest BCUT2D eigenvalue weighted by Crippen LogP contribution is 2.34. The number of ether oxygens (including phenoxy) is 2. The van der Waals surface area contributed by atoms with Gasteiger partial charge in [0.1, 0.15) is 12.1 Å². The molecule has 0 radical (unpaired) electrons. The summed E-state index contributed by atoms with van der Waals surface area (Å²) in [6, 6.07) is 20.2. The van der Waals surface area contributed by atoms with E-state index in [0.717, 1.165) is 34.2 Å². The molecule has 0 aliphatic carbocycles. The van der Waals surface area contributed by atoms with E-state index in [2.05, 4.69) is 43.0 Å². The summed E-state index contributed by atoms with van der Waals surface area (Å²) in [4.78, 5) is 13.4. The number of hydrogen-bond acceptors (Lipinski definition) is 6. The molecule has 0 saturated carbocycles. The van der Waals surface area contributed by atoms with Crippen LogP contribution in [0.3, 0.4) is 0 Å². The van der Waals surface area contributed by atoms with Crippen LogP contribution in [0.15, 0.2) is 73.3 Å². The van der Waals surface area contributed by atoms with Gasteiger partial charge in [-0.15, -0.1) is 0 Å². The molecule has 5 rings (SSSR count). The third-order valence-electron chi connectivity index (χ3n) is 5.22. The van der Waals surface area contributed by atoms with Crippen LogP contribution >= 0.6 is 0 Å². The molecule has 2 heterocycles. The zero-order chi connectivity index (χ0) is 21.2. The van der Waals surface area contributed by atoms with Crippen LogP contribution in [0.5, 0.6) is 11.5 Å². The minimum Gasteiger partial charge on any atom is -0.493 e. The molecule has 5 aromatic rings. The SMILES string of the molecule is COc1cc2ncnc(Nc3ccc4c(c3)ncn4Cc3ccccc3)c2cc1OC. The lowest BCUT2D eigenvalue weighted by Gasteiger charge is -2.12. The minimum atomic E-state index is 0.628. The molecule has 0 bridgehead atoms. The van der Waals surface area contributed by atoms with Crippen molar-refractivity contribution in [2.24, 2.45) is 0 Å². The number of hydrogen-bond donors (Lipinski definition) is 1. The number of rotatable bonds is 6. The second-order valence-corrected chi connectivity index (χ2v) is 7.13. The molecule has 0 atom stereocenters. The van der Waals surface area contributed by atoms with Gasteiger partial charge in [-0.05, 0) is 29.8 Å². The highest BCUT2D eigenvalue weighted by atomic mass is 16.5.